The van der Waals surface area contributed by atoms with Gasteiger partial charge in [0.1, 0.15) is 9.88 Å². The quantitative estimate of drug-likeness (QED) is 0.794. The highest BCUT2D eigenvalue weighted by Gasteiger charge is 2.52. The number of hydrogen-bond donors (Lipinski definition) is 2. The van der Waals surface area contributed by atoms with Crippen LogP contribution in [0, 0.1) is 0 Å². The predicted molar refractivity (Wildman–Crippen MR) is 83.0 cm³/mol. The molecule has 0 atom stereocenters. The van der Waals surface area contributed by atoms with Crippen LogP contribution in [0.3, 0.4) is 0 Å². The molecule has 2 fully saturated rings. The van der Waals surface area contributed by atoms with E-state index in [9.17, 15) is 14.4 Å². The number of amides is 4. The standard InChI is InChI=1S/C13H13Cl2N3O3S/c14-8-6-7(9(15)22-8)10(19)17-18-11(20)13(16-12(18)21)4-2-1-3-5-13/h6H,1-5H2,(H,16,21)(H,17,19). The summed E-state index contributed by atoms with van der Waals surface area (Å²) in [4.78, 5) is 36.7. The first kappa shape index (κ1) is 15.6. The molecule has 3 rings (SSSR count). The van der Waals surface area contributed by atoms with Crippen molar-refractivity contribution in [3.05, 3.63) is 20.3 Å². The monoisotopic (exact) mass is 361 g/mol. The number of imide groups is 1. The lowest BCUT2D eigenvalue weighted by atomic mass is 9.82. The average molecular weight is 362 g/mol. The Labute approximate surface area is 140 Å². The molecule has 0 unspecified atom stereocenters. The van der Waals surface area contributed by atoms with E-state index in [1.54, 1.807) is 0 Å². The number of hydrogen-bond acceptors (Lipinski definition) is 4. The third kappa shape index (κ3) is 2.57. The summed E-state index contributed by atoms with van der Waals surface area (Å²) in [5, 5.41) is 3.46. The smallest absolute Gasteiger partial charge is 0.322 e. The molecule has 2 aliphatic rings. The van der Waals surface area contributed by atoms with Crippen molar-refractivity contribution >= 4 is 52.4 Å². The molecule has 1 aromatic heterocycles. The van der Waals surface area contributed by atoms with Gasteiger partial charge < -0.3 is 5.32 Å². The number of carbonyl (C=O) groups excluding carboxylic acids is 3. The van der Waals surface area contributed by atoms with E-state index in [1.807, 2.05) is 0 Å². The highest BCUT2D eigenvalue weighted by Crippen LogP contribution is 2.34. The average Bonchev–Trinajstić information content (AvgIpc) is 2.92. The molecule has 1 aliphatic carbocycles. The molecule has 2 N–H and O–H groups in total. The number of thiophene rings is 1. The molecular weight excluding hydrogens is 349 g/mol. The fourth-order valence-electron chi connectivity index (χ4n) is 2.87. The van der Waals surface area contributed by atoms with E-state index in [0.29, 0.717) is 17.2 Å². The van der Waals surface area contributed by atoms with Crippen LogP contribution in [0.2, 0.25) is 8.67 Å². The van der Waals surface area contributed by atoms with E-state index in [2.05, 4.69) is 10.7 Å². The highest BCUT2D eigenvalue weighted by atomic mass is 35.5. The van der Waals surface area contributed by atoms with Gasteiger partial charge in [-0.3, -0.25) is 15.0 Å². The number of carbonyl (C=O) groups is 3. The predicted octanol–water partition coefficient (Wildman–Crippen LogP) is 2.95. The molecule has 118 valence electrons. The second kappa shape index (κ2) is 5.72. The van der Waals surface area contributed by atoms with Crippen molar-refractivity contribution in [1.82, 2.24) is 15.8 Å². The summed E-state index contributed by atoms with van der Waals surface area (Å²) in [6.45, 7) is 0. The maximum atomic E-state index is 12.5. The summed E-state index contributed by atoms with van der Waals surface area (Å²) in [7, 11) is 0. The molecule has 6 nitrogen and oxygen atoms in total. The Morgan fingerprint density at radius 1 is 1.27 bits per heavy atom. The lowest BCUT2D eigenvalue weighted by Crippen LogP contribution is -2.50. The maximum absolute atomic E-state index is 12.5. The molecular formula is C13H13Cl2N3O3S. The molecule has 0 radical (unpaired) electrons. The van der Waals surface area contributed by atoms with E-state index >= 15 is 0 Å². The van der Waals surface area contributed by atoms with Crippen LogP contribution in [0.1, 0.15) is 42.5 Å². The molecule has 1 aliphatic heterocycles. The van der Waals surface area contributed by atoms with Gasteiger partial charge in [0.2, 0.25) is 0 Å². The zero-order valence-electron chi connectivity index (χ0n) is 11.4. The molecule has 4 amide bonds. The fourth-order valence-corrected chi connectivity index (χ4v) is 4.33. The van der Waals surface area contributed by atoms with Gasteiger partial charge in [-0.25, -0.2) is 4.79 Å². The fraction of sp³-hybridized carbons (Fsp3) is 0.462. The number of nitrogens with zero attached hydrogens (tertiary/aromatic N) is 1. The van der Waals surface area contributed by atoms with E-state index in [0.717, 1.165) is 35.6 Å². The van der Waals surface area contributed by atoms with Crippen LogP contribution in [0.4, 0.5) is 4.79 Å². The largest absolute Gasteiger partial charge is 0.344 e. The number of urea groups is 1. The van der Waals surface area contributed by atoms with Gasteiger partial charge >= 0.3 is 6.03 Å². The minimum atomic E-state index is -0.876. The SMILES string of the molecule is O=C(NN1C(=O)NC2(CCCCC2)C1=O)c1cc(Cl)sc1Cl. The van der Waals surface area contributed by atoms with Crippen LogP contribution in [-0.4, -0.2) is 28.4 Å². The highest BCUT2D eigenvalue weighted by molar-refractivity contribution is 7.20. The first-order valence-corrected chi connectivity index (χ1v) is 8.43. The molecule has 0 bridgehead atoms. The molecule has 0 aromatic carbocycles. The van der Waals surface area contributed by atoms with Crippen LogP contribution < -0.4 is 10.7 Å². The number of halogens is 2. The van der Waals surface area contributed by atoms with Gasteiger partial charge in [-0.1, -0.05) is 42.5 Å². The zero-order valence-corrected chi connectivity index (χ0v) is 13.8. The normalized spacial score (nSPS) is 20.4. The van der Waals surface area contributed by atoms with E-state index in [-0.39, 0.29) is 9.90 Å². The van der Waals surface area contributed by atoms with Gasteiger partial charge in [-0.2, -0.15) is 5.01 Å². The Balaban J connectivity index is 1.78. The Hall–Kier alpha value is -1.31. The summed E-state index contributed by atoms with van der Waals surface area (Å²) in [5.41, 5.74) is 1.58. The Morgan fingerprint density at radius 3 is 2.55 bits per heavy atom. The molecule has 9 heteroatoms. The summed E-state index contributed by atoms with van der Waals surface area (Å²) in [6, 6.07) is 0.788. The summed E-state index contributed by atoms with van der Waals surface area (Å²) < 4.78 is 0.568. The Morgan fingerprint density at radius 2 is 1.95 bits per heavy atom. The number of nitrogens with one attached hydrogen (secondary N) is 2. The molecule has 2 heterocycles. The van der Waals surface area contributed by atoms with Crippen LogP contribution in [0.25, 0.3) is 0 Å². The van der Waals surface area contributed by atoms with E-state index < -0.39 is 23.4 Å². The minimum absolute atomic E-state index is 0.141. The number of rotatable bonds is 2. The Kier molecular flexibility index (Phi) is 4.05. The van der Waals surface area contributed by atoms with Crippen LogP contribution in [0.5, 0.6) is 0 Å². The van der Waals surface area contributed by atoms with Gasteiger partial charge in [0.25, 0.3) is 11.8 Å². The van der Waals surface area contributed by atoms with Crippen molar-refractivity contribution in [2.45, 2.75) is 37.6 Å². The molecule has 1 saturated heterocycles. The first-order chi connectivity index (χ1) is 10.4. The van der Waals surface area contributed by atoms with Crippen molar-refractivity contribution in [3.63, 3.8) is 0 Å². The third-order valence-electron chi connectivity index (χ3n) is 3.98. The van der Waals surface area contributed by atoms with Gasteiger partial charge in [0.05, 0.1) is 9.90 Å². The Bertz CT molecular complexity index is 655. The maximum Gasteiger partial charge on any atom is 0.344 e. The minimum Gasteiger partial charge on any atom is -0.322 e. The van der Waals surface area contributed by atoms with E-state index in [4.69, 9.17) is 23.2 Å². The first-order valence-electron chi connectivity index (χ1n) is 6.85. The topological polar surface area (TPSA) is 78.5 Å². The van der Waals surface area contributed by atoms with Crippen LogP contribution in [0.15, 0.2) is 6.07 Å². The van der Waals surface area contributed by atoms with Crippen LogP contribution in [-0.2, 0) is 4.79 Å². The van der Waals surface area contributed by atoms with Crippen molar-refractivity contribution < 1.29 is 14.4 Å². The third-order valence-corrected chi connectivity index (χ3v) is 5.47. The molecule has 1 saturated carbocycles. The van der Waals surface area contributed by atoms with Crippen LogP contribution >= 0.6 is 34.5 Å². The molecule has 1 aromatic rings. The second-order valence-corrected chi connectivity index (χ2v) is 7.68. The zero-order chi connectivity index (χ0) is 15.9. The summed E-state index contributed by atoms with van der Waals surface area (Å²) in [5.74, 6) is -1.05. The number of hydrazine groups is 1. The van der Waals surface area contributed by atoms with Gasteiger partial charge in [0.15, 0.2) is 0 Å². The van der Waals surface area contributed by atoms with Crippen molar-refractivity contribution in [2.75, 3.05) is 0 Å². The molecule has 22 heavy (non-hydrogen) atoms. The van der Waals surface area contributed by atoms with Crippen molar-refractivity contribution in [1.29, 1.82) is 0 Å². The summed E-state index contributed by atoms with van der Waals surface area (Å²) >= 11 is 12.7. The second-order valence-electron chi connectivity index (χ2n) is 5.39. The van der Waals surface area contributed by atoms with Gasteiger partial charge in [-0.05, 0) is 18.9 Å². The lowest BCUT2D eigenvalue weighted by molar-refractivity contribution is -0.134. The van der Waals surface area contributed by atoms with Crippen molar-refractivity contribution in [3.8, 4) is 0 Å². The van der Waals surface area contributed by atoms with Gasteiger partial charge in [0, 0.05) is 0 Å². The summed E-state index contributed by atoms with van der Waals surface area (Å²) in [6.07, 6.45) is 3.98. The van der Waals surface area contributed by atoms with Crippen molar-refractivity contribution in [2.24, 2.45) is 0 Å². The molecule has 1 spiro atoms. The van der Waals surface area contributed by atoms with E-state index in [1.165, 1.54) is 6.07 Å². The lowest BCUT2D eigenvalue weighted by Gasteiger charge is -2.30. The van der Waals surface area contributed by atoms with Gasteiger partial charge in [-0.15, -0.1) is 11.3 Å².